The molecule has 1 aliphatic heterocycles. The molecule has 2 rings (SSSR count). The Morgan fingerprint density at radius 1 is 1.55 bits per heavy atom. The number of epoxide rings is 1. The van der Waals surface area contributed by atoms with Crippen molar-refractivity contribution in [3.63, 3.8) is 0 Å². The molecular formula is C8H7FO2. The Morgan fingerprint density at radius 3 is 2.82 bits per heavy atom. The number of rotatable bonds is 1. The second-order valence-electron chi connectivity index (χ2n) is 2.53. The predicted molar refractivity (Wildman–Crippen MR) is 36.8 cm³/mol. The molecule has 2 nitrogen and oxygen atoms in total. The Balaban J connectivity index is 2.39. The zero-order valence-electron chi connectivity index (χ0n) is 5.75. The first-order valence-electron chi connectivity index (χ1n) is 3.37. The minimum atomic E-state index is -0.396. The van der Waals surface area contributed by atoms with E-state index in [0.717, 1.165) is 6.07 Å². The predicted octanol–water partition coefficient (Wildman–Crippen LogP) is 1.60. The number of aromatic hydroxyl groups is 1. The van der Waals surface area contributed by atoms with E-state index in [4.69, 9.17) is 9.84 Å². The summed E-state index contributed by atoms with van der Waals surface area (Å²) in [6, 6.07) is 4.10. The fourth-order valence-electron chi connectivity index (χ4n) is 1.00. The summed E-state index contributed by atoms with van der Waals surface area (Å²) in [5.74, 6) is -0.445. The van der Waals surface area contributed by atoms with Crippen molar-refractivity contribution in [1.82, 2.24) is 0 Å². The maximum Gasteiger partial charge on any atom is 0.132 e. The summed E-state index contributed by atoms with van der Waals surface area (Å²) >= 11 is 0. The van der Waals surface area contributed by atoms with Gasteiger partial charge in [0, 0.05) is 11.6 Å². The molecule has 0 aliphatic carbocycles. The monoisotopic (exact) mass is 154 g/mol. The van der Waals surface area contributed by atoms with Gasteiger partial charge in [0.1, 0.15) is 17.7 Å². The minimum absolute atomic E-state index is 0.0492. The van der Waals surface area contributed by atoms with Gasteiger partial charge in [-0.3, -0.25) is 0 Å². The van der Waals surface area contributed by atoms with Crippen molar-refractivity contribution in [3.8, 4) is 5.75 Å². The number of phenolic OH excluding ortho intramolecular Hbond substituents is 1. The molecule has 0 radical (unpaired) electrons. The molecule has 1 heterocycles. The van der Waals surface area contributed by atoms with Gasteiger partial charge in [-0.05, 0) is 12.1 Å². The molecule has 0 saturated carbocycles. The first-order valence-corrected chi connectivity index (χ1v) is 3.37. The lowest BCUT2D eigenvalue weighted by molar-refractivity contribution is 0.406. The molecule has 0 bridgehead atoms. The highest BCUT2D eigenvalue weighted by molar-refractivity contribution is 5.30. The van der Waals surface area contributed by atoms with E-state index in [1.165, 1.54) is 6.07 Å². The first kappa shape index (κ1) is 6.61. The van der Waals surface area contributed by atoms with Crippen molar-refractivity contribution < 1.29 is 14.2 Å². The van der Waals surface area contributed by atoms with Crippen LogP contribution in [0, 0.1) is 5.82 Å². The molecule has 11 heavy (non-hydrogen) atoms. The average Bonchev–Trinajstić information content (AvgIpc) is 2.70. The molecule has 3 heteroatoms. The van der Waals surface area contributed by atoms with Crippen LogP contribution in [-0.4, -0.2) is 11.7 Å². The molecule has 1 fully saturated rings. The van der Waals surface area contributed by atoms with Crippen LogP contribution in [0.4, 0.5) is 4.39 Å². The van der Waals surface area contributed by atoms with Gasteiger partial charge in [-0.1, -0.05) is 0 Å². The molecule has 0 spiro atoms. The molecule has 1 N–H and O–H groups in total. The average molecular weight is 154 g/mol. The standard InChI is InChI=1S/C8H7FO2/c9-7-3-5(10)1-2-6(7)8-4-11-8/h1-3,8,10H,4H2. The Labute approximate surface area is 63.2 Å². The van der Waals surface area contributed by atoms with Gasteiger partial charge in [0.15, 0.2) is 0 Å². The van der Waals surface area contributed by atoms with E-state index in [0.29, 0.717) is 12.2 Å². The van der Waals surface area contributed by atoms with Crippen LogP contribution in [0.15, 0.2) is 18.2 Å². The summed E-state index contributed by atoms with van der Waals surface area (Å²) in [5.41, 5.74) is 0.530. The van der Waals surface area contributed by atoms with Crippen molar-refractivity contribution in [2.45, 2.75) is 6.10 Å². The Morgan fingerprint density at radius 2 is 2.27 bits per heavy atom. The third-order valence-corrected chi connectivity index (χ3v) is 1.66. The zero-order valence-corrected chi connectivity index (χ0v) is 5.75. The van der Waals surface area contributed by atoms with E-state index in [9.17, 15) is 4.39 Å². The fraction of sp³-hybridized carbons (Fsp3) is 0.250. The molecule has 1 aliphatic rings. The van der Waals surface area contributed by atoms with Crippen molar-refractivity contribution >= 4 is 0 Å². The smallest absolute Gasteiger partial charge is 0.132 e. The third kappa shape index (κ3) is 1.19. The summed E-state index contributed by atoms with van der Waals surface area (Å²) in [5, 5.41) is 8.86. The van der Waals surface area contributed by atoms with E-state index in [2.05, 4.69) is 0 Å². The summed E-state index contributed by atoms with van der Waals surface area (Å²) in [4.78, 5) is 0. The largest absolute Gasteiger partial charge is 0.508 e. The van der Waals surface area contributed by atoms with Crippen LogP contribution in [0.25, 0.3) is 0 Å². The van der Waals surface area contributed by atoms with Crippen molar-refractivity contribution in [2.24, 2.45) is 0 Å². The van der Waals surface area contributed by atoms with Crippen LogP contribution in [0.2, 0.25) is 0 Å². The Hall–Kier alpha value is -1.09. The van der Waals surface area contributed by atoms with Crippen LogP contribution < -0.4 is 0 Å². The molecule has 1 unspecified atom stereocenters. The fourth-order valence-corrected chi connectivity index (χ4v) is 1.00. The van der Waals surface area contributed by atoms with E-state index in [1.54, 1.807) is 6.07 Å². The molecule has 58 valence electrons. The van der Waals surface area contributed by atoms with Crippen LogP contribution in [0.5, 0.6) is 5.75 Å². The van der Waals surface area contributed by atoms with Crippen LogP contribution in [-0.2, 0) is 4.74 Å². The van der Waals surface area contributed by atoms with E-state index in [-0.39, 0.29) is 11.9 Å². The number of phenols is 1. The Kier molecular flexibility index (Phi) is 1.32. The number of hydrogen-bond acceptors (Lipinski definition) is 2. The van der Waals surface area contributed by atoms with Gasteiger partial charge in [-0.25, -0.2) is 4.39 Å². The summed E-state index contributed by atoms with van der Waals surface area (Å²) < 4.78 is 17.8. The lowest BCUT2D eigenvalue weighted by Gasteiger charge is -1.97. The van der Waals surface area contributed by atoms with Gasteiger partial charge in [0.25, 0.3) is 0 Å². The normalized spacial score (nSPS) is 21.7. The second-order valence-corrected chi connectivity index (χ2v) is 2.53. The maximum absolute atomic E-state index is 12.9. The number of hydrogen-bond donors (Lipinski definition) is 1. The van der Waals surface area contributed by atoms with Gasteiger partial charge in [0.2, 0.25) is 0 Å². The SMILES string of the molecule is Oc1ccc(C2CO2)c(F)c1. The first-order chi connectivity index (χ1) is 5.27. The highest BCUT2D eigenvalue weighted by Crippen LogP contribution is 2.32. The van der Waals surface area contributed by atoms with Gasteiger partial charge < -0.3 is 9.84 Å². The Bertz CT molecular complexity index is 281. The molecule has 1 aromatic rings. The lowest BCUT2D eigenvalue weighted by atomic mass is 10.1. The topological polar surface area (TPSA) is 32.8 Å². The third-order valence-electron chi connectivity index (χ3n) is 1.66. The van der Waals surface area contributed by atoms with Crippen molar-refractivity contribution in [3.05, 3.63) is 29.6 Å². The maximum atomic E-state index is 12.9. The molecular weight excluding hydrogens is 147 g/mol. The summed E-state index contributed by atoms with van der Waals surface area (Å²) in [6.07, 6.45) is -0.0874. The van der Waals surface area contributed by atoms with Crippen molar-refractivity contribution in [2.75, 3.05) is 6.61 Å². The van der Waals surface area contributed by atoms with Gasteiger partial charge in [-0.2, -0.15) is 0 Å². The quantitative estimate of drug-likeness (QED) is 0.623. The summed E-state index contributed by atoms with van der Waals surface area (Å²) in [7, 11) is 0. The van der Waals surface area contributed by atoms with Crippen LogP contribution in [0.3, 0.4) is 0 Å². The van der Waals surface area contributed by atoms with Gasteiger partial charge in [-0.15, -0.1) is 0 Å². The number of benzene rings is 1. The minimum Gasteiger partial charge on any atom is -0.508 e. The van der Waals surface area contributed by atoms with Gasteiger partial charge >= 0.3 is 0 Å². The lowest BCUT2D eigenvalue weighted by Crippen LogP contribution is -1.86. The summed E-state index contributed by atoms with van der Waals surface area (Å²) in [6.45, 7) is 0.585. The molecule has 0 aromatic heterocycles. The van der Waals surface area contributed by atoms with Crippen LogP contribution >= 0.6 is 0 Å². The highest BCUT2D eigenvalue weighted by atomic mass is 19.1. The number of ether oxygens (including phenoxy) is 1. The van der Waals surface area contributed by atoms with Gasteiger partial charge in [0.05, 0.1) is 6.61 Å². The highest BCUT2D eigenvalue weighted by Gasteiger charge is 2.27. The number of halogens is 1. The zero-order chi connectivity index (χ0) is 7.84. The molecule has 1 atom stereocenters. The molecule has 1 saturated heterocycles. The molecule has 0 amide bonds. The van der Waals surface area contributed by atoms with E-state index >= 15 is 0 Å². The van der Waals surface area contributed by atoms with E-state index < -0.39 is 5.82 Å². The second kappa shape index (κ2) is 2.20. The van der Waals surface area contributed by atoms with Crippen molar-refractivity contribution in [1.29, 1.82) is 0 Å². The van der Waals surface area contributed by atoms with E-state index in [1.807, 2.05) is 0 Å². The molecule has 1 aromatic carbocycles. The van der Waals surface area contributed by atoms with Crippen LogP contribution in [0.1, 0.15) is 11.7 Å².